The third-order valence-electron chi connectivity index (χ3n) is 5.66. The molecular formula is C25H33N3O3S. The first kappa shape index (κ1) is 23.9. The van der Waals surface area contributed by atoms with Gasteiger partial charge in [0.05, 0.1) is 6.04 Å². The molecule has 1 aliphatic heterocycles. The van der Waals surface area contributed by atoms with Crippen molar-refractivity contribution < 1.29 is 14.3 Å². The Bertz CT molecular complexity index is 923. The van der Waals surface area contributed by atoms with Crippen LogP contribution in [-0.2, 0) is 11.2 Å². The number of hydrogen-bond acceptors (Lipinski definition) is 4. The molecule has 0 saturated carbocycles. The number of thiophene rings is 1. The highest BCUT2D eigenvalue weighted by atomic mass is 32.1. The van der Waals surface area contributed by atoms with Gasteiger partial charge in [-0.25, -0.2) is 4.79 Å². The number of hydrogen-bond donors (Lipinski definition) is 1. The van der Waals surface area contributed by atoms with Gasteiger partial charge in [-0.05, 0) is 54.0 Å². The fourth-order valence-corrected chi connectivity index (χ4v) is 4.82. The van der Waals surface area contributed by atoms with Crippen LogP contribution in [0.1, 0.15) is 48.7 Å². The lowest BCUT2D eigenvalue weighted by Gasteiger charge is -2.37. The van der Waals surface area contributed by atoms with Gasteiger partial charge in [-0.2, -0.15) is 0 Å². The average Bonchev–Trinajstić information content (AvgIpc) is 3.26. The Morgan fingerprint density at radius 1 is 1.31 bits per heavy atom. The summed E-state index contributed by atoms with van der Waals surface area (Å²) in [7, 11) is 0. The minimum Gasteiger partial charge on any atom is -0.491 e. The van der Waals surface area contributed by atoms with E-state index in [-0.39, 0.29) is 24.5 Å². The maximum Gasteiger partial charge on any atom is 0.318 e. The van der Waals surface area contributed by atoms with Crippen molar-refractivity contribution in [3.63, 3.8) is 0 Å². The van der Waals surface area contributed by atoms with Crippen molar-refractivity contribution in [2.75, 3.05) is 32.8 Å². The van der Waals surface area contributed by atoms with Crippen LogP contribution < -0.4 is 10.1 Å². The second kappa shape index (κ2) is 11.2. The van der Waals surface area contributed by atoms with Gasteiger partial charge in [-0.15, -0.1) is 17.9 Å². The van der Waals surface area contributed by atoms with Crippen LogP contribution in [0, 0.1) is 0 Å². The number of carbonyl (C=O) groups is 2. The molecule has 2 heterocycles. The van der Waals surface area contributed by atoms with Crippen LogP contribution in [0.25, 0.3) is 0 Å². The van der Waals surface area contributed by atoms with Crippen LogP contribution in [0.15, 0.2) is 48.4 Å². The highest BCUT2D eigenvalue weighted by Gasteiger charge is 2.33. The Balaban J connectivity index is 1.74. The van der Waals surface area contributed by atoms with Crippen LogP contribution in [0.4, 0.5) is 4.79 Å². The lowest BCUT2D eigenvalue weighted by molar-refractivity contribution is -0.135. The Labute approximate surface area is 194 Å². The zero-order chi connectivity index (χ0) is 23.1. The molecule has 32 heavy (non-hydrogen) atoms. The largest absolute Gasteiger partial charge is 0.491 e. The average molecular weight is 456 g/mol. The van der Waals surface area contributed by atoms with Gasteiger partial charge < -0.3 is 19.9 Å². The van der Waals surface area contributed by atoms with E-state index < -0.39 is 0 Å². The van der Waals surface area contributed by atoms with E-state index in [4.69, 9.17) is 4.74 Å². The monoisotopic (exact) mass is 455 g/mol. The fourth-order valence-electron chi connectivity index (χ4n) is 3.89. The summed E-state index contributed by atoms with van der Waals surface area (Å²) in [5.74, 6) is 1.17. The Kier molecular flexibility index (Phi) is 8.33. The number of nitrogens with one attached hydrogen (secondary N) is 1. The lowest BCUT2D eigenvalue weighted by Crippen LogP contribution is -2.49. The molecule has 0 unspecified atom stereocenters. The first-order valence-electron chi connectivity index (χ1n) is 11.2. The highest BCUT2D eigenvalue weighted by Crippen LogP contribution is 2.34. The zero-order valence-electron chi connectivity index (χ0n) is 19.2. The zero-order valence-corrected chi connectivity index (χ0v) is 20.0. The maximum atomic E-state index is 13.3. The summed E-state index contributed by atoms with van der Waals surface area (Å²) in [6.45, 7) is 11.7. The van der Waals surface area contributed by atoms with Crippen molar-refractivity contribution in [1.29, 1.82) is 0 Å². The number of benzene rings is 1. The normalized spacial score (nSPS) is 15.2. The smallest absolute Gasteiger partial charge is 0.318 e. The number of urea groups is 1. The van der Waals surface area contributed by atoms with Gasteiger partial charge >= 0.3 is 6.03 Å². The molecule has 0 aliphatic carbocycles. The van der Waals surface area contributed by atoms with Gasteiger partial charge in [0.25, 0.3) is 0 Å². The molecule has 0 spiro atoms. The van der Waals surface area contributed by atoms with Crippen LogP contribution in [-0.4, -0.2) is 54.5 Å². The summed E-state index contributed by atoms with van der Waals surface area (Å²) in [6.07, 6.45) is 2.46. The van der Waals surface area contributed by atoms with Crippen molar-refractivity contribution in [3.8, 4) is 5.75 Å². The van der Waals surface area contributed by atoms with Crippen LogP contribution >= 0.6 is 11.3 Å². The molecule has 1 atom stereocenters. The minimum atomic E-state index is -0.257. The summed E-state index contributed by atoms with van der Waals surface area (Å²) in [6, 6.07) is 9.78. The quantitative estimate of drug-likeness (QED) is 0.563. The molecule has 0 fully saturated rings. The third kappa shape index (κ3) is 5.71. The molecule has 6 nitrogen and oxygen atoms in total. The lowest BCUT2D eigenvalue weighted by atomic mass is 10.00. The van der Waals surface area contributed by atoms with E-state index in [9.17, 15) is 9.59 Å². The van der Waals surface area contributed by atoms with Gasteiger partial charge in [0.15, 0.2) is 0 Å². The molecule has 3 amide bonds. The third-order valence-corrected chi connectivity index (χ3v) is 6.66. The van der Waals surface area contributed by atoms with Gasteiger partial charge in [-0.1, -0.05) is 32.1 Å². The molecule has 0 radical (unpaired) electrons. The standard InChI is InChI=1S/C25H33N3O3S/c1-5-13-27(25(30)26-6-2)16-24(29)28-14-11-23-21(12-15-32-23)22(28)17-31-20-9-7-19(8-10-20)18(3)4/h5,7-10,12,15,18,22H,1,6,11,13-14,16-17H2,2-4H3,(H,26,30)/t22-/m0/s1. The molecular weight excluding hydrogens is 422 g/mol. The summed E-state index contributed by atoms with van der Waals surface area (Å²) in [4.78, 5) is 30.3. The van der Waals surface area contributed by atoms with E-state index in [1.807, 2.05) is 24.0 Å². The molecule has 3 rings (SSSR count). The fraction of sp³-hybridized carbons (Fsp3) is 0.440. The van der Waals surface area contributed by atoms with Crippen LogP contribution in [0.2, 0.25) is 0 Å². The summed E-state index contributed by atoms with van der Waals surface area (Å²) < 4.78 is 6.13. The molecule has 2 aromatic rings. The number of amides is 3. The van der Waals surface area contributed by atoms with Gasteiger partial charge in [0.1, 0.15) is 18.9 Å². The van der Waals surface area contributed by atoms with Crippen molar-refractivity contribution >= 4 is 23.3 Å². The molecule has 1 aromatic carbocycles. The summed E-state index contributed by atoms with van der Waals surface area (Å²) in [5, 5.41) is 4.84. The van der Waals surface area contributed by atoms with Crippen molar-refractivity contribution in [2.24, 2.45) is 0 Å². The summed E-state index contributed by atoms with van der Waals surface area (Å²) in [5.41, 5.74) is 2.40. The predicted octanol–water partition coefficient (Wildman–Crippen LogP) is 4.59. The van der Waals surface area contributed by atoms with Gasteiger partial charge in [0.2, 0.25) is 5.91 Å². The number of carbonyl (C=O) groups excluding carboxylic acids is 2. The van der Waals surface area contributed by atoms with E-state index in [1.54, 1.807) is 17.4 Å². The second-order valence-electron chi connectivity index (χ2n) is 8.19. The van der Waals surface area contributed by atoms with E-state index in [0.29, 0.717) is 32.2 Å². The summed E-state index contributed by atoms with van der Waals surface area (Å²) >= 11 is 1.72. The second-order valence-corrected chi connectivity index (χ2v) is 9.19. The van der Waals surface area contributed by atoms with Crippen molar-refractivity contribution in [2.45, 2.75) is 39.2 Å². The van der Waals surface area contributed by atoms with Crippen LogP contribution in [0.5, 0.6) is 5.75 Å². The minimum absolute atomic E-state index is 0.0108. The SMILES string of the molecule is C=CCN(CC(=O)N1CCc2sccc2[C@@H]1COc1ccc(C(C)C)cc1)C(=O)NCC. The first-order valence-corrected chi connectivity index (χ1v) is 12.0. The molecule has 1 aromatic heterocycles. The Morgan fingerprint density at radius 2 is 2.06 bits per heavy atom. The number of rotatable bonds is 9. The first-order chi connectivity index (χ1) is 15.4. The number of fused-ring (bicyclic) bond motifs is 1. The maximum absolute atomic E-state index is 13.3. The van der Waals surface area contributed by atoms with E-state index in [1.165, 1.54) is 15.3 Å². The van der Waals surface area contributed by atoms with E-state index >= 15 is 0 Å². The molecule has 172 valence electrons. The van der Waals surface area contributed by atoms with E-state index in [2.05, 4.69) is 49.3 Å². The molecule has 0 saturated heterocycles. The van der Waals surface area contributed by atoms with Crippen molar-refractivity contribution in [3.05, 3.63) is 64.4 Å². The van der Waals surface area contributed by atoms with Gasteiger partial charge in [-0.3, -0.25) is 4.79 Å². The number of nitrogens with zero attached hydrogens (tertiary/aromatic N) is 2. The predicted molar refractivity (Wildman–Crippen MR) is 129 cm³/mol. The molecule has 7 heteroatoms. The van der Waals surface area contributed by atoms with E-state index in [0.717, 1.165) is 17.7 Å². The Hall–Kier alpha value is -2.80. The molecule has 1 aliphatic rings. The topological polar surface area (TPSA) is 61.9 Å². The Morgan fingerprint density at radius 3 is 2.72 bits per heavy atom. The molecule has 0 bridgehead atoms. The molecule has 1 N–H and O–H groups in total. The highest BCUT2D eigenvalue weighted by molar-refractivity contribution is 7.10. The van der Waals surface area contributed by atoms with Crippen molar-refractivity contribution in [1.82, 2.24) is 15.1 Å². The number of ether oxygens (including phenoxy) is 1. The van der Waals surface area contributed by atoms with Crippen LogP contribution in [0.3, 0.4) is 0 Å². The van der Waals surface area contributed by atoms with Gasteiger partial charge in [0, 0.05) is 24.5 Å².